The van der Waals surface area contributed by atoms with Gasteiger partial charge in [0.05, 0.1) is 11.2 Å². The van der Waals surface area contributed by atoms with Gasteiger partial charge < -0.3 is 10.5 Å². The van der Waals surface area contributed by atoms with Crippen LogP contribution in [0.15, 0.2) is 42.6 Å². The molecule has 0 bridgehead atoms. The Bertz CT molecular complexity index is 959. The largest absolute Gasteiger partial charge is 0.488 e. The summed E-state index contributed by atoms with van der Waals surface area (Å²) in [6.45, 7) is 6.56. The van der Waals surface area contributed by atoms with Gasteiger partial charge in [-0.2, -0.15) is 0 Å². The molecule has 3 aromatic rings. The number of halogens is 2. The summed E-state index contributed by atoms with van der Waals surface area (Å²) in [4.78, 5) is 8.66. The summed E-state index contributed by atoms with van der Waals surface area (Å²) < 4.78 is 19.3. The molecule has 1 aromatic carbocycles. The van der Waals surface area contributed by atoms with Crippen LogP contribution in [-0.2, 0) is 0 Å². The van der Waals surface area contributed by atoms with Crippen molar-refractivity contribution in [1.82, 2.24) is 9.97 Å². The fourth-order valence-corrected chi connectivity index (χ4v) is 3.47. The van der Waals surface area contributed by atoms with E-state index in [4.69, 9.17) is 22.1 Å². The number of benzene rings is 1. The van der Waals surface area contributed by atoms with E-state index in [-0.39, 0.29) is 11.0 Å². The summed E-state index contributed by atoms with van der Waals surface area (Å²) in [5, 5.41) is 1.07. The van der Waals surface area contributed by atoms with Crippen LogP contribution in [0, 0.1) is 11.7 Å². The molecule has 0 radical (unpaired) electrons. The average molecular weight is 388 g/mol. The SMILES string of the molecule is CC(C)CC(C)(N)COc1ccc(-c2ccnc3cc(F)ccc23)nc1Cl. The van der Waals surface area contributed by atoms with Gasteiger partial charge in [0.2, 0.25) is 0 Å². The van der Waals surface area contributed by atoms with Crippen molar-refractivity contribution in [2.75, 3.05) is 6.61 Å². The first kappa shape index (κ1) is 19.5. The van der Waals surface area contributed by atoms with Crippen molar-refractivity contribution < 1.29 is 9.13 Å². The first-order chi connectivity index (χ1) is 12.7. The van der Waals surface area contributed by atoms with Gasteiger partial charge in [-0.15, -0.1) is 0 Å². The molecule has 1 unspecified atom stereocenters. The molecule has 0 saturated carbocycles. The van der Waals surface area contributed by atoms with Gasteiger partial charge in [-0.25, -0.2) is 9.37 Å². The maximum Gasteiger partial charge on any atom is 0.171 e. The highest BCUT2D eigenvalue weighted by Crippen LogP contribution is 2.31. The van der Waals surface area contributed by atoms with Crippen molar-refractivity contribution in [2.45, 2.75) is 32.7 Å². The summed E-state index contributed by atoms with van der Waals surface area (Å²) >= 11 is 6.34. The molecule has 2 aromatic heterocycles. The Kier molecular flexibility index (Phi) is 5.63. The van der Waals surface area contributed by atoms with E-state index in [1.807, 2.05) is 19.1 Å². The van der Waals surface area contributed by atoms with Gasteiger partial charge >= 0.3 is 0 Å². The second-order valence-electron chi connectivity index (χ2n) is 7.55. The number of pyridine rings is 2. The number of hydrogen-bond donors (Lipinski definition) is 1. The van der Waals surface area contributed by atoms with E-state index in [0.29, 0.717) is 29.5 Å². The minimum absolute atomic E-state index is 0.264. The molecule has 142 valence electrons. The maximum atomic E-state index is 13.4. The van der Waals surface area contributed by atoms with Crippen molar-refractivity contribution in [3.63, 3.8) is 0 Å². The van der Waals surface area contributed by atoms with Crippen LogP contribution in [0.1, 0.15) is 27.2 Å². The smallest absolute Gasteiger partial charge is 0.171 e. The minimum atomic E-state index is -0.443. The molecule has 0 aliphatic heterocycles. The quantitative estimate of drug-likeness (QED) is 0.588. The Hall–Kier alpha value is -2.24. The molecule has 4 nitrogen and oxygen atoms in total. The van der Waals surface area contributed by atoms with Crippen molar-refractivity contribution >= 4 is 22.5 Å². The second kappa shape index (κ2) is 7.79. The number of nitrogens with two attached hydrogens (primary N) is 1. The zero-order chi connectivity index (χ0) is 19.6. The summed E-state index contributed by atoms with van der Waals surface area (Å²) in [5.41, 5.74) is 7.91. The second-order valence-corrected chi connectivity index (χ2v) is 7.90. The molecule has 3 rings (SSSR count). The minimum Gasteiger partial charge on any atom is -0.488 e. The highest BCUT2D eigenvalue weighted by molar-refractivity contribution is 6.31. The zero-order valence-corrected chi connectivity index (χ0v) is 16.4. The Morgan fingerprint density at radius 3 is 2.70 bits per heavy atom. The van der Waals surface area contributed by atoms with Crippen LogP contribution in [0.25, 0.3) is 22.2 Å². The first-order valence-corrected chi connectivity index (χ1v) is 9.26. The van der Waals surface area contributed by atoms with Crippen molar-refractivity contribution in [3.8, 4) is 17.0 Å². The number of hydrogen-bond acceptors (Lipinski definition) is 4. The monoisotopic (exact) mass is 387 g/mol. The van der Waals surface area contributed by atoms with E-state index < -0.39 is 5.54 Å². The third-order valence-electron chi connectivity index (χ3n) is 4.23. The first-order valence-electron chi connectivity index (χ1n) is 8.88. The van der Waals surface area contributed by atoms with Gasteiger partial charge in [-0.1, -0.05) is 25.4 Å². The summed E-state index contributed by atoms with van der Waals surface area (Å²) in [6, 6.07) is 9.94. The molecule has 2 heterocycles. The predicted octanol–water partition coefficient (Wildman–Crippen LogP) is 5.23. The van der Waals surface area contributed by atoms with E-state index in [1.54, 1.807) is 18.3 Å². The van der Waals surface area contributed by atoms with Gasteiger partial charge in [-0.3, -0.25) is 4.98 Å². The highest BCUT2D eigenvalue weighted by Gasteiger charge is 2.22. The Labute approximate surface area is 163 Å². The molecule has 1 atom stereocenters. The maximum absolute atomic E-state index is 13.4. The number of aromatic nitrogens is 2. The number of rotatable bonds is 6. The number of ether oxygens (including phenoxy) is 1. The lowest BCUT2D eigenvalue weighted by atomic mass is 9.93. The van der Waals surface area contributed by atoms with Gasteiger partial charge in [0.1, 0.15) is 12.4 Å². The third-order valence-corrected chi connectivity index (χ3v) is 4.50. The van der Waals surface area contributed by atoms with Crippen molar-refractivity contribution in [3.05, 3.63) is 53.6 Å². The van der Waals surface area contributed by atoms with Crippen LogP contribution in [0.3, 0.4) is 0 Å². The van der Waals surface area contributed by atoms with Crippen LogP contribution in [-0.4, -0.2) is 22.1 Å². The standard InChI is InChI=1S/C21H23ClFN3O/c1-13(2)11-21(3,24)12-27-19-7-6-17(26-20(19)22)16-8-9-25-18-10-14(23)4-5-15(16)18/h4-10,13H,11-12,24H2,1-3H3. The lowest BCUT2D eigenvalue weighted by Crippen LogP contribution is -2.43. The Morgan fingerprint density at radius 2 is 2.00 bits per heavy atom. The van der Waals surface area contributed by atoms with Crippen LogP contribution in [0.4, 0.5) is 4.39 Å². The molecule has 0 aliphatic carbocycles. The van der Waals surface area contributed by atoms with Crippen LogP contribution >= 0.6 is 11.6 Å². The molecule has 27 heavy (non-hydrogen) atoms. The average Bonchev–Trinajstić information content (AvgIpc) is 2.58. The van der Waals surface area contributed by atoms with Gasteiger partial charge in [0.25, 0.3) is 0 Å². The normalized spacial score (nSPS) is 13.7. The lowest BCUT2D eigenvalue weighted by Gasteiger charge is -2.26. The summed E-state index contributed by atoms with van der Waals surface area (Å²) in [5.74, 6) is 0.641. The summed E-state index contributed by atoms with van der Waals surface area (Å²) in [6.07, 6.45) is 2.47. The van der Waals surface area contributed by atoms with E-state index in [2.05, 4.69) is 23.8 Å². The van der Waals surface area contributed by atoms with Crippen LogP contribution in [0.5, 0.6) is 5.75 Å². The van der Waals surface area contributed by atoms with Gasteiger partial charge in [0, 0.05) is 28.8 Å². The molecule has 0 amide bonds. The molecule has 0 aliphatic rings. The highest BCUT2D eigenvalue weighted by atomic mass is 35.5. The third kappa shape index (κ3) is 4.73. The van der Waals surface area contributed by atoms with E-state index in [9.17, 15) is 4.39 Å². The number of nitrogens with zero attached hydrogens (tertiary/aromatic N) is 2. The summed E-state index contributed by atoms with van der Waals surface area (Å²) in [7, 11) is 0. The Balaban J connectivity index is 1.85. The zero-order valence-electron chi connectivity index (χ0n) is 15.7. The molecule has 6 heteroatoms. The predicted molar refractivity (Wildman–Crippen MR) is 107 cm³/mol. The molecule has 0 spiro atoms. The van der Waals surface area contributed by atoms with E-state index >= 15 is 0 Å². The molecular weight excluding hydrogens is 365 g/mol. The van der Waals surface area contributed by atoms with Crippen molar-refractivity contribution in [1.29, 1.82) is 0 Å². The van der Waals surface area contributed by atoms with E-state index in [1.165, 1.54) is 12.1 Å². The topological polar surface area (TPSA) is 61.0 Å². The Morgan fingerprint density at radius 1 is 1.22 bits per heavy atom. The van der Waals surface area contributed by atoms with Gasteiger partial charge in [0.15, 0.2) is 10.9 Å². The van der Waals surface area contributed by atoms with Crippen LogP contribution < -0.4 is 10.5 Å². The molecular formula is C21H23ClFN3O. The molecule has 0 fully saturated rings. The molecule has 0 saturated heterocycles. The van der Waals surface area contributed by atoms with Crippen molar-refractivity contribution in [2.24, 2.45) is 11.7 Å². The lowest BCUT2D eigenvalue weighted by molar-refractivity contribution is 0.206. The fourth-order valence-electron chi connectivity index (χ4n) is 3.26. The van der Waals surface area contributed by atoms with Crippen LogP contribution in [0.2, 0.25) is 5.15 Å². The fraction of sp³-hybridized carbons (Fsp3) is 0.333. The number of fused-ring (bicyclic) bond motifs is 1. The van der Waals surface area contributed by atoms with Gasteiger partial charge in [-0.05, 0) is 49.6 Å². The molecule has 2 N–H and O–H groups in total. The van der Waals surface area contributed by atoms with E-state index in [0.717, 1.165) is 17.4 Å².